The molecular weight excluding hydrogens is 250 g/mol. The third-order valence-corrected chi connectivity index (χ3v) is 4.56. The Morgan fingerprint density at radius 3 is 2.53 bits per heavy atom. The van der Waals surface area contributed by atoms with E-state index in [4.69, 9.17) is 0 Å². The second-order valence-electron chi connectivity index (χ2n) is 6.51. The molecule has 0 aromatic carbocycles. The first kappa shape index (κ1) is 12.7. The predicted octanol–water partition coefficient (Wildman–Crippen LogP) is 1.86. The number of anilines is 1. The molecule has 2 saturated heterocycles. The van der Waals surface area contributed by atoms with Gasteiger partial charge in [0.25, 0.3) is 0 Å². The minimum atomic E-state index is -1.30. The monoisotopic (exact) mass is 271 g/mol. The van der Waals surface area contributed by atoms with E-state index in [-0.39, 0.29) is 0 Å². The third-order valence-electron chi connectivity index (χ3n) is 3.69. The Labute approximate surface area is 116 Å². The van der Waals surface area contributed by atoms with Crippen molar-refractivity contribution in [2.75, 3.05) is 18.0 Å². The van der Waals surface area contributed by atoms with Crippen LogP contribution in [0.2, 0.25) is 19.6 Å². The molecule has 0 aliphatic carbocycles. The van der Waals surface area contributed by atoms with Gasteiger partial charge in [-0.1, -0.05) is 25.6 Å². The van der Waals surface area contributed by atoms with Crippen molar-refractivity contribution in [3.8, 4) is 11.5 Å². The van der Waals surface area contributed by atoms with E-state index in [2.05, 4.69) is 58.4 Å². The molecule has 2 fully saturated rings. The van der Waals surface area contributed by atoms with Gasteiger partial charge in [-0.15, -0.1) is 5.54 Å². The second kappa shape index (κ2) is 4.66. The van der Waals surface area contributed by atoms with E-state index in [1.54, 1.807) is 0 Å². The SMILES string of the molecule is C[Si](C)(C)C#Cc1ccc(N2C3CNCC2C3)nc1. The van der Waals surface area contributed by atoms with Crippen molar-refractivity contribution in [3.63, 3.8) is 0 Å². The highest BCUT2D eigenvalue weighted by atomic mass is 28.3. The van der Waals surface area contributed by atoms with E-state index in [1.165, 1.54) is 6.42 Å². The summed E-state index contributed by atoms with van der Waals surface area (Å²) < 4.78 is 0. The van der Waals surface area contributed by atoms with E-state index in [1.807, 2.05) is 6.20 Å². The molecule has 3 rings (SSSR count). The fourth-order valence-corrected chi connectivity index (χ4v) is 3.25. The van der Waals surface area contributed by atoms with Crippen molar-refractivity contribution in [1.82, 2.24) is 10.3 Å². The molecule has 1 aromatic rings. The standard InChI is InChI=1S/C15H21N3Si/c1-19(2,3)7-6-12-4-5-15(17-9-12)18-13-8-14(18)11-16-10-13/h4-5,9,13-14,16H,8,10-11H2,1-3H3. The van der Waals surface area contributed by atoms with E-state index >= 15 is 0 Å². The smallest absolute Gasteiger partial charge is 0.129 e. The Balaban J connectivity index is 1.74. The van der Waals surface area contributed by atoms with Crippen LogP contribution in [0.1, 0.15) is 12.0 Å². The van der Waals surface area contributed by atoms with Crippen molar-refractivity contribution < 1.29 is 0 Å². The normalized spacial score (nSPS) is 25.3. The molecule has 2 unspecified atom stereocenters. The van der Waals surface area contributed by atoms with Crippen LogP contribution in [0.5, 0.6) is 0 Å². The van der Waals surface area contributed by atoms with Gasteiger partial charge in [0.1, 0.15) is 13.9 Å². The van der Waals surface area contributed by atoms with Crippen LogP contribution in [0.25, 0.3) is 0 Å². The maximum Gasteiger partial charge on any atom is 0.129 e. The van der Waals surface area contributed by atoms with Crippen molar-refractivity contribution in [2.24, 2.45) is 0 Å². The topological polar surface area (TPSA) is 28.2 Å². The summed E-state index contributed by atoms with van der Waals surface area (Å²) in [7, 11) is -1.30. The lowest BCUT2D eigenvalue weighted by molar-refractivity contribution is 0.260. The Morgan fingerprint density at radius 2 is 2.00 bits per heavy atom. The number of nitrogens with zero attached hydrogens (tertiary/aromatic N) is 2. The highest BCUT2D eigenvalue weighted by Crippen LogP contribution is 2.32. The van der Waals surface area contributed by atoms with Gasteiger partial charge in [-0.3, -0.25) is 0 Å². The quantitative estimate of drug-likeness (QED) is 0.624. The maximum atomic E-state index is 4.59. The van der Waals surface area contributed by atoms with Crippen LogP contribution < -0.4 is 10.2 Å². The minimum Gasteiger partial charge on any atom is -0.348 e. The average molecular weight is 271 g/mol. The molecule has 1 N–H and O–H groups in total. The molecule has 0 radical (unpaired) electrons. The van der Waals surface area contributed by atoms with Crippen LogP contribution in [0.3, 0.4) is 0 Å². The molecule has 2 aliphatic rings. The van der Waals surface area contributed by atoms with Gasteiger partial charge < -0.3 is 10.2 Å². The number of hydrogen-bond donors (Lipinski definition) is 1. The molecule has 3 nitrogen and oxygen atoms in total. The number of hydrogen-bond acceptors (Lipinski definition) is 3. The van der Waals surface area contributed by atoms with Crippen molar-refractivity contribution in [3.05, 3.63) is 23.9 Å². The number of piperidine rings is 1. The van der Waals surface area contributed by atoms with Crippen LogP contribution in [0.15, 0.2) is 18.3 Å². The molecule has 1 aromatic heterocycles. The zero-order valence-corrected chi connectivity index (χ0v) is 12.9. The molecule has 3 heterocycles. The summed E-state index contributed by atoms with van der Waals surface area (Å²) in [6.07, 6.45) is 3.23. The van der Waals surface area contributed by atoms with Gasteiger partial charge in [0.15, 0.2) is 0 Å². The van der Waals surface area contributed by atoms with Gasteiger partial charge in [-0.2, -0.15) is 0 Å². The molecule has 0 amide bonds. The van der Waals surface area contributed by atoms with Crippen LogP contribution in [0, 0.1) is 11.5 Å². The summed E-state index contributed by atoms with van der Waals surface area (Å²) in [6.45, 7) is 8.97. The highest BCUT2D eigenvalue weighted by Gasteiger charge is 2.41. The molecule has 100 valence electrons. The fraction of sp³-hybridized carbons (Fsp3) is 0.533. The first-order valence-corrected chi connectivity index (χ1v) is 10.5. The van der Waals surface area contributed by atoms with Crippen LogP contribution in [0.4, 0.5) is 5.82 Å². The summed E-state index contributed by atoms with van der Waals surface area (Å²) in [5, 5.41) is 3.45. The molecule has 2 bridgehead atoms. The molecule has 2 atom stereocenters. The number of fused-ring (bicyclic) bond motifs is 2. The van der Waals surface area contributed by atoms with E-state index in [0.717, 1.165) is 24.5 Å². The molecule has 19 heavy (non-hydrogen) atoms. The summed E-state index contributed by atoms with van der Waals surface area (Å²) in [5.41, 5.74) is 4.42. The third kappa shape index (κ3) is 2.67. The predicted molar refractivity (Wildman–Crippen MR) is 82.0 cm³/mol. The summed E-state index contributed by atoms with van der Waals surface area (Å²) >= 11 is 0. The number of nitrogens with one attached hydrogen (secondary N) is 1. The summed E-state index contributed by atoms with van der Waals surface area (Å²) in [5.74, 6) is 4.37. The zero-order chi connectivity index (χ0) is 13.5. The van der Waals surface area contributed by atoms with Crippen molar-refractivity contribution >= 4 is 13.9 Å². The fourth-order valence-electron chi connectivity index (χ4n) is 2.73. The summed E-state index contributed by atoms with van der Waals surface area (Å²) in [4.78, 5) is 7.05. The van der Waals surface area contributed by atoms with Crippen LogP contribution >= 0.6 is 0 Å². The highest BCUT2D eigenvalue weighted by molar-refractivity contribution is 6.83. The van der Waals surface area contributed by atoms with Gasteiger partial charge in [-0.25, -0.2) is 4.98 Å². The molecule has 2 aliphatic heterocycles. The van der Waals surface area contributed by atoms with Gasteiger partial charge in [0.2, 0.25) is 0 Å². The Hall–Kier alpha value is -1.31. The number of aromatic nitrogens is 1. The lowest BCUT2D eigenvalue weighted by Gasteiger charge is -2.53. The first-order chi connectivity index (χ1) is 9.03. The van der Waals surface area contributed by atoms with Crippen molar-refractivity contribution in [1.29, 1.82) is 0 Å². The lowest BCUT2D eigenvalue weighted by Crippen LogP contribution is -2.68. The molecule has 0 spiro atoms. The minimum absolute atomic E-state index is 0.644. The molecule has 0 saturated carbocycles. The first-order valence-electron chi connectivity index (χ1n) is 7.01. The Morgan fingerprint density at radius 1 is 1.26 bits per heavy atom. The van der Waals surface area contributed by atoms with Gasteiger partial charge >= 0.3 is 0 Å². The van der Waals surface area contributed by atoms with E-state index in [9.17, 15) is 0 Å². The van der Waals surface area contributed by atoms with Gasteiger partial charge in [-0.05, 0) is 18.6 Å². The second-order valence-corrected chi connectivity index (χ2v) is 11.3. The molecular formula is C15H21N3Si. The Kier molecular flexibility index (Phi) is 3.12. The number of rotatable bonds is 1. The van der Waals surface area contributed by atoms with Crippen molar-refractivity contribution in [2.45, 2.75) is 38.1 Å². The van der Waals surface area contributed by atoms with E-state index in [0.29, 0.717) is 12.1 Å². The number of piperazine rings is 1. The summed E-state index contributed by atoms with van der Waals surface area (Å²) in [6, 6.07) is 5.52. The number of pyridine rings is 1. The largest absolute Gasteiger partial charge is 0.348 e. The lowest BCUT2D eigenvalue weighted by atomic mass is 9.89. The maximum absolute atomic E-state index is 4.59. The van der Waals surface area contributed by atoms with E-state index < -0.39 is 8.07 Å². The van der Waals surface area contributed by atoms with Gasteiger partial charge in [0.05, 0.1) is 0 Å². The van der Waals surface area contributed by atoms with Gasteiger partial charge in [0, 0.05) is 36.9 Å². The van der Waals surface area contributed by atoms with Crippen LogP contribution in [-0.2, 0) is 0 Å². The molecule has 4 heteroatoms. The van der Waals surface area contributed by atoms with Crippen LogP contribution in [-0.4, -0.2) is 38.2 Å². The zero-order valence-electron chi connectivity index (χ0n) is 11.9. The Bertz CT molecular complexity index is 507. The average Bonchev–Trinajstić information content (AvgIpc) is 2.38.